The molecule has 1 aromatic carbocycles. The van der Waals surface area contributed by atoms with E-state index in [9.17, 15) is 4.39 Å². The van der Waals surface area contributed by atoms with Crippen LogP contribution in [-0.2, 0) is 0 Å². The Morgan fingerprint density at radius 1 is 1.12 bits per heavy atom. The maximum Gasteiger partial charge on any atom is 0.224 e. The van der Waals surface area contributed by atoms with Crippen LogP contribution in [0.1, 0.15) is 37.8 Å². The van der Waals surface area contributed by atoms with Gasteiger partial charge in [0.15, 0.2) is 0 Å². The van der Waals surface area contributed by atoms with E-state index in [1.165, 1.54) is 43.4 Å². The normalized spacial score (nSPS) is 14.2. The van der Waals surface area contributed by atoms with Crippen molar-refractivity contribution in [3.05, 3.63) is 53.5 Å². The molecule has 0 aliphatic heterocycles. The lowest BCUT2D eigenvalue weighted by atomic mass is 9.97. The lowest BCUT2D eigenvalue weighted by molar-refractivity contribution is 0.628. The van der Waals surface area contributed by atoms with Crippen molar-refractivity contribution in [1.82, 2.24) is 9.97 Å². The van der Waals surface area contributed by atoms with E-state index >= 15 is 0 Å². The van der Waals surface area contributed by atoms with Gasteiger partial charge in [-0.1, -0.05) is 11.6 Å². The Hall–Kier alpha value is -2.43. The van der Waals surface area contributed by atoms with Crippen molar-refractivity contribution in [1.29, 1.82) is 0 Å². The van der Waals surface area contributed by atoms with Crippen LogP contribution in [0, 0.1) is 12.7 Å². The van der Waals surface area contributed by atoms with Crippen molar-refractivity contribution >= 4 is 17.5 Å². The van der Waals surface area contributed by atoms with Crippen molar-refractivity contribution < 1.29 is 4.39 Å². The Balaban J connectivity index is 1.60. The molecule has 3 rings (SSSR count). The number of hydrogen-bond donors (Lipinski definition) is 2. The number of rotatable bonds is 6. The average molecular weight is 326 g/mol. The Kier molecular flexibility index (Phi) is 5.41. The lowest BCUT2D eigenvalue weighted by Gasteiger charge is -2.13. The molecule has 1 aliphatic rings. The Bertz CT molecular complexity index is 710. The fourth-order valence-electron chi connectivity index (χ4n) is 2.86. The van der Waals surface area contributed by atoms with Crippen molar-refractivity contribution in [2.75, 3.05) is 17.2 Å². The number of hydrogen-bond acceptors (Lipinski definition) is 4. The fourth-order valence-corrected chi connectivity index (χ4v) is 2.86. The van der Waals surface area contributed by atoms with Gasteiger partial charge in [-0.2, -0.15) is 4.98 Å². The van der Waals surface area contributed by atoms with Crippen LogP contribution in [0.25, 0.3) is 0 Å². The predicted octanol–water partition coefficient (Wildman–Crippen LogP) is 4.97. The van der Waals surface area contributed by atoms with Crippen LogP contribution in [0.2, 0.25) is 0 Å². The molecule has 0 spiro atoms. The molecule has 0 saturated heterocycles. The smallest absolute Gasteiger partial charge is 0.224 e. The fraction of sp³-hybridized carbons (Fsp3) is 0.368. The molecule has 0 amide bonds. The number of allylic oxidation sites excluding steroid dienone is 1. The number of benzene rings is 1. The molecule has 1 aliphatic carbocycles. The summed E-state index contributed by atoms with van der Waals surface area (Å²) in [6.07, 6.45) is 8.45. The summed E-state index contributed by atoms with van der Waals surface area (Å²) in [5.74, 6) is 1.07. The summed E-state index contributed by atoms with van der Waals surface area (Å²) in [6.45, 7) is 2.78. The van der Waals surface area contributed by atoms with Crippen molar-refractivity contribution in [3.8, 4) is 0 Å². The van der Waals surface area contributed by atoms with Crippen LogP contribution in [0.5, 0.6) is 0 Å². The SMILES string of the molecule is Cc1cc(Nc2ccc(F)cc2)nc(NCCC2=CCCCC2)n1. The Labute approximate surface area is 142 Å². The number of halogens is 1. The zero-order chi connectivity index (χ0) is 16.8. The largest absolute Gasteiger partial charge is 0.354 e. The molecule has 2 aromatic rings. The average Bonchev–Trinajstić information content (AvgIpc) is 2.57. The molecular formula is C19H23FN4. The first-order valence-electron chi connectivity index (χ1n) is 8.49. The molecule has 4 nitrogen and oxygen atoms in total. The van der Waals surface area contributed by atoms with Gasteiger partial charge in [-0.25, -0.2) is 9.37 Å². The van der Waals surface area contributed by atoms with E-state index in [0.29, 0.717) is 11.8 Å². The van der Waals surface area contributed by atoms with Gasteiger partial charge in [-0.3, -0.25) is 0 Å². The van der Waals surface area contributed by atoms with Crippen LogP contribution in [0.4, 0.5) is 21.8 Å². The molecule has 0 saturated carbocycles. The monoisotopic (exact) mass is 326 g/mol. The second-order valence-electron chi connectivity index (χ2n) is 6.13. The second kappa shape index (κ2) is 7.90. The molecule has 0 bridgehead atoms. The number of aryl methyl sites for hydroxylation is 1. The molecule has 126 valence electrons. The minimum Gasteiger partial charge on any atom is -0.354 e. The van der Waals surface area contributed by atoms with Gasteiger partial charge in [-0.05, 0) is 63.3 Å². The van der Waals surface area contributed by atoms with E-state index in [1.807, 2.05) is 13.0 Å². The molecule has 1 heterocycles. The van der Waals surface area contributed by atoms with E-state index in [1.54, 1.807) is 12.1 Å². The van der Waals surface area contributed by atoms with E-state index in [4.69, 9.17) is 0 Å². The van der Waals surface area contributed by atoms with Gasteiger partial charge < -0.3 is 10.6 Å². The van der Waals surface area contributed by atoms with Crippen molar-refractivity contribution in [2.24, 2.45) is 0 Å². The minimum atomic E-state index is -0.251. The van der Waals surface area contributed by atoms with E-state index in [-0.39, 0.29) is 5.82 Å². The van der Waals surface area contributed by atoms with Crippen LogP contribution >= 0.6 is 0 Å². The summed E-state index contributed by atoms with van der Waals surface area (Å²) in [7, 11) is 0. The number of nitrogens with zero attached hydrogens (tertiary/aromatic N) is 2. The maximum atomic E-state index is 13.0. The van der Waals surface area contributed by atoms with Crippen LogP contribution in [0.15, 0.2) is 42.0 Å². The van der Waals surface area contributed by atoms with Crippen LogP contribution in [0.3, 0.4) is 0 Å². The Morgan fingerprint density at radius 3 is 2.71 bits per heavy atom. The molecular weight excluding hydrogens is 303 g/mol. The first-order chi connectivity index (χ1) is 11.7. The summed E-state index contributed by atoms with van der Waals surface area (Å²) in [5.41, 5.74) is 3.22. The highest BCUT2D eigenvalue weighted by molar-refractivity contribution is 5.57. The maximum absolute atomic E-state index is 13.0. The molecule has 1 aromatic heterocycles. The summed E-state index contributed by atoms with van der Waals surface area (Å²) >= 11 is 0. The summed E-state index contributed by atoms with van der Waals surface area (Å²) in [5, 5.41) is 6.49. The highest BCUT2D eigenvalue weighted by Crippen LogP contribution is 2.20. The predicted molar refractivity (Wildman–Crippen MR) is 96.1 cm³/mol. The van der Waals surface area contributed by atoms with Crippen LogP contribution in [-0.4, -0.2) is 16.5 Å². The number of nitrogens with one attached hydrogen (secondary N) is 2. The van der Waals surface area contributed by atoms with Gasteiger partial charge in [0.1, 0.15) is 11.6 Å². The second-order valence-corrected chi connectivity index (χ2v) is 6.13. The van der Waals surface area contributed by atoms with Gasteiger partial charge in [0.25, 0.3) is 0 Å². The first-order valence-corrected chi connectivity index (χ1v) is 8.49. The molecule has 5 heteroatoms. The highest BCUT2D eigenvalue weighted by atomic mass is 19.1. The first kappa shape index (κ1) is 16.4. The zero-order valence-electron chi connectivity index (χ0n) is 14.0. The zero-order valence-corrected chi connectivity index (χ0v) is 14.0. The quantitative estimate of drug-likeness (QED) is 0.736. The third-order valence-electron chi connectivity index (χ3n) is 4.09. The molecule has 0 fully saturated rings. The van der Waals surface area contributed by atoms with Crippen molar-refractivity contribution in [3.63, 3.8) is 0 Å². The third-order valence-corrected chi connectivity index (χ3v) is 4.09. The van der Waals surface area contributed by atoms with E-state index in [0.717, 1.165) is 24.3 Å². The molecule has 0 unspecified atom stereocenters. The molecule has 0 atom stereocenters. The molecule has 2 N–H and O–H groups in total. The summed E-state index contributed by atoms with van der Waals surface area (Å²) in [4.78, 5) is 8.92. The number of aromatic nitrogens is 2. The number of anilines is 3. The lowest BCUT2D eigenvalue weighted by Crippen LogP contribution is -2.09. The van der Waals surface area contributed by atoms with Gasteiger partial charge in [0, 0.05) is 24.0 Å². The van der Waals surface area contributed by atoms with Gasteiger partial charge >= 0.3 is 0 Å². The standard InChI is InChI=1S/C19H23FN4/c1-14-13-18(23-17-9-7-16(20)8-10-17)24-19(22-14)21-12-11-15-5-3-2-4-6-15/h5,7-10,13H,2-4,6,11-12H2,1H3,(H2,21,22,23,24). The third kappa shape index (κ3) is 4.78. The molecule has 0 radical (unpaired) electrons. The van der Waals surface area contributed by atoms with Crippen LogP contribution < -0.4 is 10.6 Å². The minimum absolute atomic E-state index is 0.251. The van der Waals surface area contributed by atoms with Gasteiger partial charge in [-0.15, -0.1) is 0 Å². The van der Waals surface area contributed by atoms with Crippen molar-refractivity contribution in [2.45, 2.75) is 39.0 Å². The van der Waals surface area contributed by atoms with Gasteiger partial charge in [0.05, 0.1) is 0 Å². The molecule has 24 heavy (non-hydrogen) atoms. The van der Waals surface area contributed by atoms with E-state index in [2.05, 4.69) is 26.7 Å². The topological polar surface area (TPSA) is 49.8 Å². The summed E-state index contributed by atoms with van der Waals surface area (Å²) in [6, 6.07) is 8.10. The Morgan fingerprint density at radius 2 is 1.96 bits per heavy atom. The highest BCUT2D eigenvalue weighted by Gasteiger charge is 2.06. The van der Waals surface area contributed by atoms with Gasteiger partial charge in [0.2, 0.25) is 5.95 Å². The van der Waals surface area contributed by atoms with E-state index < -0.39 is 0 Å². The summed E-state index contributed by atoms with van der Waals surface area (Å²) < 4.78 is 13.0.